The molecule has 0 saturated carbocycles. The summed E-state index contributed by atoms with van der Waals surface area (Å²) in [5, 5.41) is 0. The maximum absolute atomic E-state index is 3.47. The first-order valence-corrected chi connectivity index (χ1v) is 15.0. The van der Waals surface area contributed by atoms with Crippen molar-refractivity contribution in [3.8, 4) is 0 Å². The van der Waals surface area contributed by atoms with E-state index in [-0.39, 0.29) is 68.2 Å². The second-order valence-corrected chi connectivity index (χ2v) is 12.6. The van der Waals surface area contributed by atoms with Crippen molar-refractivity contribution in [3.63, 3.8) is 0 Å². The van der Waals surface area contributed by atoms with Gasteiger partial charge in [0.2, 0.25) is 0 Å². The van der Waals surface area contributed by atoms with Gasteiger partial charge in [-0.05, 0) is 63.9 Å². The van der Waals surface area contributed by atoms with Gasteiger partial charge in [-0.2, -0.15) is 35.7 Å². The largest absolute Gasteiger partial charge is 2.00 e. The first-order valence-electron chi connectivity index (χ1n) is 13.0. The molecule has 6 heteroatoms. The molecule has 2 atom stereocenters. The molecule has 0 amide bonds. The molecular formula is C32H42Cl2S2Ti2. The average Bonchev–Trinajstić information content (AvgIpc) is 3.55. The van der Waals surface area contributed by atoms with Crippen LogP contribution in [0.2, 0.25) is 0 Å². The van der Waals surface area contributed by atoms with Gasteiger partial charge in [0, 0.05) is 9.49 Å². The van der Waals surface area contributed by atoms with E-state index in [0.717, 1.165) is 25.7 Å². The van der Waals surface area contributed by atoms with Crippen LogP contribution < -0.4 is 24.8 Å². The summed E-state index contributed by atoms with van der Waals surface area (Å²) in [6.07, 6.45) is 38.6. The summed E-state index contributed by atoms with van der Waals surface area (Å²) in [6, 6.07) is 0. The van der Waals surface area contributed by atoms with Crippen molar-refractivity contribution in [2.75, 3.05) is 11.5 Å². The molecule has 0 nitrogen and oxygen atoms in total. The number of thioether (sulfide) groups is 2. The molecule has 0 saturated heterocycles. The Bertz CT molecular complexity index is 867. The average molecular weight is 657 g/mol. The maximum atomic E-state index is 3.47. The van der Waals surface area contributed by atoms with Crippen LogP contribution in [0.1, 0.15) is 79.1 Å². The van der Waals surface area contributed by atoms with Gasteiger partial charge in [-0.15, -0.1) is 12.8 Å². The van der Waals surface area contributed by atoms with Gasteiger partial charge in [0.25, 0.3) is 0 Å². The predicted molar refractivity (Wildman–Crippen MR) is 156 cm³/mol. The maximum Gasteiger partial charge on any atom is 2.00 e. The quantitative estimate of drug-likeness (QED) is 0.260. The molecule has 0 aromatic heterocycles. The SMILES string of the molecule is CCCSC1(CC2=[C-]CC=C2)CC=CC=C1C.CCCSC1(CC2=[C-]CC=C2)CC=CC=C1C.[Cl-].[Cl-].[Ti+2].[Ti+2]. The molecular weight excluding hydrogens is 615 g/mol. The van der Waals surface area contributed by atoms with Gasteiger partial charge in [-0.25, -0.2) is 23.3 Å². The second kappa shape index (κ2) is 21.3. The molecule has 38 heavy (non-hydrogen) atoms. The van der Waals surface area contributed by atoms with Crippen molar-refractivity contribution in [2.24, 2.45) is 0 Å². The smallest absolute Gasteiger partial charge is 1.00 e. The first kappa shape index (κ1) is 40.8. The number of hydrogen-bond acceptors (Lipinski definition) is 2. The fraction of sp³-hybridized carbons (Fsp3) is 0.500. The molecule has 0 spiro atoms. The van der Waals surface area contributed by atoms with Gasteiger partial charge in [0.05, 0.1) is 0 Å². The van der Waals surface area contributed by atoms with E-state index in [2.05, 4.69) is 124 Å². The Morgan fingerprint density at radius 1 is 0.684 bits per heavy atom. The number of halogens is 2. The number of allylic oxidation sites excluding steroid dienone is 14. The van der Waals surface area contributed by atoms with Crippen molar-refractivity contribution in [1.82, 2.24) is 0 Å². The minimum Gasteiger partial charge on any atom is -1.00 e. The van der Waals surface area contributed by atoms with Crippen LogP contribution in [0.15, 0.2) is 83.1 Å². The third-order valence-corrected chi connectivity index (χ3v) is 10.5. The monoisotopic (exact) mass is 656 g/mol. The van der Waals surface area contributed by atoms with E-state index < -0.39 is 0 Å². The van der Waals surface area contributed by atoms with Crippen molar-refractivity contribution < 1.29 is 68.2 Å². The summed E-state index contributed by atoms with van der Waals surface area (Å²) in [5.41, 5.74) is 5.84. The zero-order chi connectivity index (χ0) is 24.3. The number of rotatable bonds is 10. The van der Waals surface area contributed by atoms with Gasteiger partial charge >= 0.3 is 43.4 Å². The molecule has 2 unspecified atom stereocenters. The van der Waals surface area contributed by atoms with Crippen molar-refractivity contribution in [1.29, 1.82) is 0 Å². The fourth-order valence-corrected chi connectivity index (χ4v) is 7.52. The minimum atomic E-state index is 0. The molecule has 204 valence electrons. The third kappa shape index (κ3) is 11.9. The normalized spacial score (nSPS) is 24.3. The Hall–Kier alpha value is 0.629. The topological polar surface area (TPSA) is 0 Å². The number of hydrogen-bond donors (Lipinski definition) is 0. The summed E-state index contributed by atoms with van der Waals surface area (Å²) in [7, 11) is 0. The van der Waals surface area contributed by atoms with Crippen LogP contribution in [0.25, 0.3) is 0 Å². The Balaban J connectivity index is 0. The molecule has 0 aromatic rings. The van der Waals surface area contributed by atoms with E-state index in [1.54, 1.807) is 0 Å². The van der Waals surface area contributed by atoms with Crippen molar-refractivity contribution in [3.05, 3.63) is 95.2 Å². The summed E-state index contributed by atoms with van der Waals surface area (Å²) in [4.78, 5) is 0. The van der Waals surface area contributed by atoms with E-state index in [9.17, 15) is 0 Å². The van der Waals surface area contributed by atoms with Crippen molar-refractivity contribution in [2.45, 2.75) is 88.6 Å². The van der Waals surface area contributed by atoms with Gasteiger partial charge in [-0.1, -0.05) is 61.4 Å². The van der Waals surface area contributed by atoms with Gasteiger partial charge in [0.1, 0.15) is 0 Å². The van der Waals surface area contributed by atoms with Crippen LogP contribution >= 0.6 is 23.5 Å². The summed E-state index contributed by atoms with van der Waals surface area (Å²) in [5.74, 6) is 2.49. The third-order valence-electron chi connectivity index (χ3n) is 6.95. The van der Waals surface area contributed by atoms with E-state index >= 15 is 0 Å². The molecule has 0 N–H and O–H groups in total. The molecule has 0 fully saturated rings. The molecule has 0 aromatic carbocycles. The standard InChI is InChI=1S/2C16H21S.2ClH.2Ti/c2*1-3-12-17-16(11-7-6-8-14(16)2)13-15-9-4-5-10-15;;;;/h2*4,6-9H,3,5,11-13H2,1-2H3;2*1H;;/q2*-1;;;2*+2/p-2. The van der Waals surface area contributed by atoms with E-state index in [1.807, 2.05) is 0 Å². The zero-order valence-corrected chi connectivity index (χ0v) is 29.7. The zero-order valence-electron chi connectivity index (χ0n) is 23.4. The molecule has 0 heterocycles. The van der Waals surface area contributed by atoms with Crippen LogP contribution in [0.3, 0.4) is 0 Å². The van der Waals surface area contributed by atoms with Crippen LogP contribution in [-0.4, -0.2) is 21.0 Å². The first-order chi connectivity index (χ1) is 16.5. The van der Waals surface area contributed by atoms with Crippen molar-refractivity contribution >= 4 is 23.5 Å². The van der Waals surface area contributed by atoms with Crippen LogP contribution in [0, 0.1) is 12.2 Å². The van der Waals surface area contributed by atoms with E-state index in [0.29, 0.717) is 9.49 Å². The van der Waals surface area contributed by atoms with Crippen LogP contribution in [0.4, 0.5) is 0 Å². The molecule has 0 radical (unpaired) electrons. The van der Waals surface area contributed by atoms with E-state index in [4.69, 9.17) is 0 Å². The molecule has 4 aliphatic rings. The predicted octanol–water partition coefficient (Wildman–Crippen LogP) is 3.71. The van der Waals surface area contributed by atoms with E-state index in [1.165, 1.54) is 59.5 Å². The Kier molecular flexibility index (Phi) is 22.9. The summed E-state index contributed by atoms with van der Waals surface area (Å²) in [6.45, 7) is 9.09. The molecule has 0 aliphatic heterocycles. The Labute approximate surface area is 284 Å². The molecule has 4 rings (SSSR count). The van der Waals surface area contributed by atoms with Crippen LogP contribution in [-0.2, 0) is 43.4 Å². The van der Waals surface area contributed by atoms with Gasteiger partial charge in [0.15, 0.2) is 0 Å². The molecule has 4 aliphatic carbocycles. The molecule has 0 bridgehead atoms. The summed E-state index contributed by atoms with van der Waals surface area (Å²) < 4.78 is 0.587. The fourth-order valence-electron chi connectivity index (χ4n) is 4.79. The van der Waals surface area contributed by atoms with Crippen LogP contribution in [0.5, 0.6) is 0 Å². The Morgan fingerprint density at radius 2 is 1.08 bits per heavy atom. The summed E-state index contributed by atoms with van der Waals surface area (Å²) >= 11 is 4.25. The Morgan fingerprint density at radius 3 is 1.37 bits per heavy atom. The minimum absolute atomic E-state index is 0. The van der Waals surface area contributed by atoms with Gasteiger partial charge < -0.3 is 24.8 Å². The second-order valence-electron chi connectivity index (χ2n) is 9.62. The van der Waals surface area contributed by atoms with Gasteiger partial charge in [-0.3, -0.25) is 12.2 Å².